The predicted octanol–water partition coefficient (Wildman–Crippen LogP) is 1.46. The third kappa shape index (κ3) is 4.51. The van der Waals surface area contributed by atoms with Crippen molar-refractivity contribution in [3.05, 3.63) is 24.3 Å². The predicted molar refractivity (Wildman–Crippen MR) is 81.2 cm³/mol. The Balaban J connectivity index is 1.75. The quantitative estimate of drug-likeness (QED) is 0.855. The lowest BCUT2D eigenvalue weighted by Gasteiger charge is -2.22. The van der Waals surface area contributed by atoms with Gasteiger partial charge in [-0.05, 0) is 50.2 Å². The maximum absolute atomic E-state index is 11.8. The van der Waals surface area contributed by atoms with Crippen LogP contribution in [0.25, 0.3) is 0 Å². The molecule has 1 aliphatic heterocycles. The van der Waals surface area contributed by atoms with E-state index in [1.807, 2.05) is 43.3 Å². The number of piperidine rings is 1. The molecule has 1 aliphatic rings. The summed E-state index contributed by atoms with van der Waals surface area (Å²) in [6.45, 7) is 2.07. The molecule has 1 amide bonds. The maximum atomic E-state index is 11.8. The highest BCUT2D eigenvalue weighted by Gasteiger charge is 2.14. The van der Waals surface area contributed by atoms with Crippen LogP contribution in [0.1, 0.15) is 12.8 Å². The van der Waals surface area contributed by atoms with E-state index in [2.05, 4.69) is 10.6 Å². The van der Waals surface area contributed by atoms with Gasteiger partial charge in [-0.25, -0.2) is 0 Å². The van der Waals surface area contributed by atoms with Crippen LogP contribution in [0.4, 0.5) is 11.4 Å². The summed E-state index contributed by atoms with van der Waals surface area (Å²) in [5.41, 5.74) is 1.91. The van der Waals surface area contributed by atoms with Crippen LogP contribution in [-0.2, 0) is 9.53 Å². The topological polar surface area (TPSA) is 53.6 Å². The zero-order valence-corrected chi connectivity index (χ0v) is 12.2. The molecule has 1 fully saturated rings. The number of hydrogen-bond donors (Lipinski definition) is 2. The summed E-state index contributed by atoms with van der Waals surface area (Å²) in [7, 11) is 3.97. The van der Waals surface area contributed by atoms with Crippen molar-refractivity contribution in [1.29, 1.82) is 0 Å². The zero-order chi connectivity index (χ0) is 14.4. The van der Waals surface area contributed by atoms with Gasteiger partial charge in [0, 0.05) is 25.5 Å². The van der Waals surface area contributed by atoms with Crippen molar-refractivity contribution in [1.82, 2.24) is 5.32 Å². The second-order valence-corrected chi connectivity index (χ2v) is 5.25. The largest absolute Gasteiger partial charge is 0.378 e. The highest BCUT2D eigenvalue weighted by atomic mass is 16.5. The van der Waals surface area contributed by atoms with E-state index >= 15 is 0 Å². The van der Waals surface area contributed by atoms with Crippen molar-refractivity contribution >= 4 is 17.3 Å². The lowest BCUT2D eigenvalue weighted by molar-refractivity contribution is -0.123. The van der Waals surface area contributed by atoms with Crippen molar-refractivity contribution in [3.63, 3.8) is 0 Å². The molecule has 0 radical (unpaired) electrons. The van der Waals surface area contributed by atoms with Crippen LogP contribution in [0.5, 0.6) is 0 Å². The van der Waals surface area contributed by atoms with Gasteiger partial charge in [-0.2, -0.15) is 0 Å². The Morgan fingerprint density at radius 3 is 2.55 bits per heavy atom. The van der Waals surface area contributed by atoms with Crippen molar-refractivity contribution in [3.8, 4) is 0 Å². The fraction of sp³-hybridized carbons (Fsp3) is 0.533. The van der Waals surface area contributed by atoms with Crippen LogP contribution < -0.4 is 15.5 Å². The van der Waals surface area contributed by atoms with Gasteiger partial charge in [-0.15, -0.1) is 0 Å². The minimum absolute atomic E-state index is 0.0962. The van der Waals surface area contributed by atoms with E-state index in [0.29, 0.717) is 0 Å². The van der Waals surface area contributed by atoms with E-state index in [1.165, 1.54) is 0 Å². The van der Waals surface area contributed by atoms with Gasteiger partial charge in [0.1, 0.15) is 6.61 Å². The van der Waals surface area contributed by atoms with Gasteiger partial charge in [-0.1, -0.05) is 0 Å². The van der Waals surface area contributed by atoms with Gasteiger partial charge < -0.3 is 20.3 Å². The first kappa shape index (κ1) is 14.8. The minimum atomic E-state index is -0.0962. The smallest absolute Gasteiger partial charge is 0.250 e. The highest BCUT2D eigenvalue weighted by Crippen LogP contribution is 2.15. The number of ether oxygens (including phenoxy) is 1. The fourth-order valence-corrected chi connectivity index (χ4v) is 2.20. The summed E-state index contributed by atoms with van der Waals surface area (Å²) in [5.74, 6) is -0.0962. The number of amides is 1. The first-order valence-corrected chi connectivity index (χ1v) is 7.05. The number of carbonyl (C=O) groups is 1. The van der Waals surface area contributed by atoms with Crippen LogP contribution >= 0.6 is 0 Å². The van der Waals surface area contributed by atoms with E-state index in [4.69, 9.17) is 4.74 Å². The van der Waals surface area contributed by atoms with Crippen molar-refractivity contribution in [2.45, 2.75) is 18.9 Å². The third-order valence-electron chi connectivity index (χ3n) is 3.40. The van der Waals surface area contributed by atoms with Gasteiger partial charge in [0.05, 0.1) is 6.10 Å². The molecule has 1 saturated heterocycles. The molecule has 0 spiro atoms. The summed E-state index contributed by atoms with van der Waals surface area (Å²) in [4.78, 5) is 13.8. The van der Waals surface area contributed by atoms with Crippen LogP contribution in [0.2, 0.25) is 0 Å². The Bertz CT molecular complexity index is 425. The number of benzene rings is 1. The summed E-state index contributed by atoms with van der Waals surface area (Å²) >= 11 is 0. The molecule has 0 aliphatic carbocycles. The second kappa shape index (κ2) is 7.26. The first-order chi connectivity index (χ1) is 9.65. The van der Waals surface area contributed by atoms with Crippen LogP contribution in [0.3, 0.4) is 0 Å². The molecule has 1 heterocycles. The molecule has 0 unspecified atom stereocenters. The molecule has 5 heteroatoms. The Kier molecular flexibility index (Phi) is 5.38. The Labute approximate surface area is 120 Å². The molecule has 0 bridgehead atoms. The SMILES string of the molecule is CN(C)c1ccc(NC(=O)COC2CCNCC2)cc1. The molecule has 0 aromatic heterocycles. The van der Waals surface area contributed by atoms with Gasteiger partial charge in [0.25, 0.3) is 0 Å². The van der Waals surface area contributed by atoms with Gasteiger partial charge in [0.15, 0.2) is 0 Å². The average molecular weight is 277 g/mol. The summed E-state index contributed by atoms with van der Waals surface area (Å²) < 4.78 is 5.62. The monoisotopic (exact) mass is 277 g/mol. The van der Waals surface area contributed by atoms with Gasteiger partial charge in [0.2, 0.25) is 5.91 Å². The number of carbonyl (C=O) groups excluding carboxylic acids is 1. The summed E-state index contributed by atoms with van der Waals surface area (Å²) in [6, 6.07) is 7.75. The fourth-order valence-electron chi connectivity index (χ4n) is 2.20. The number of rotatable bonds is 5. The lowest BCUT2D eigenvalue weighted by Crippen LogP contribution is -2.34. The molecule has 0 atom stereocenters. The Morgan fingerprint density at radius 2 is 1.95 bits per heavy atom. The van der Waals surface area contributed by atoms with E-state index in [-0.39, 0.29) is 18.6 Å². The molecule has 5 nitrogen and oxygen atoms in total. The summed E-state index contributed by atoms with van der Waals surface area (Å²) in [6.07, 6.45) is 2.16. The van der Waals surface area contributed by atoms with Gasteiger partial charge in [-0.3, -0.25) is 4.79 Å². The molecular weight excluding hydrogens is 254 g/mol. The van der Waals surface area contributed by atoms with Crippen LogP contribution in [-0.4, -0.2) is 45.8 Å². The van der Waals surface area contributed by atoms with E-state index in [1.54, 1.807) is 0 Å². The molecule has 110 valence electrons. The molecule has 1 aromatic carbocycles. The van der Waals surface area contributed by atoms with E-state index < -0.39 is 0 Å². The highest BCUT2D eigenvalue weighted by molar-refractivity contribution is 5.91. The summed E-state index contributed by atoms with van der Waals surface area (Å²) in [5, 5.41) is 6.12. The molecule has 20 heavy (non-hydrogen) atoms. The van der Waals surface area contributed by atoms with E-state index in [9.17, 15) is 4.79 Å². The number of anilines is 2. The molecule has 0 saturated carbocycles. The standard InChI is InChI=1S/C15H23N3O2/c1-18(2)13-5-3-12(4-6-13)17-15(19)11-20-14-7-9-16-10-8-14/h3-6,14,16H,7-11H2,1-2H3,(H,17,19). The molecule has 2 N–H and O–H groups in total. The van der Waals surface area contributed by atoms with Crippen LogP contribution in [0.15, 0.2) is 24.3 Å². The second-order valence-electron chi connectivity index (χ2n) is 5.25. The normalized spacial score (nSPS) is 15.9. The third-order valence-corrected chi connectivity index (χ3v) is 3.40. The average Bonchev–Trinajstić information content (AvgIpc) is 2.47. The number of nitrogens with one attached hydrogen (secondary N) is 2. The molecule has 1 aromatic rings. The van der Waals surface area contributed by atoms with E-state index in [0.717, 1.165) is 37.3 Å². The first-order valence-electron chi connectivity index (χ1n) is 7.05. The van der Waals surface area contributed by atoms with Gasteiger partial charge >= 0.3 is 0 Å². The van der Waals surface area contributed by atoms with Crippen molar-refractivity contribution in [2.24, 2.45) is 0 Å². The van der Waals surface area contributed by atoms with Crippen molar-refractivity contribution < 1.29 is 9.53 Å². The lowest BCUT2D eigenvalue weighted by atomic mass is 10.1. The number of nitrogens with zero attached hydrogens (tertiary/aromatic N) is 1. The molecular formula is C15H23N3O2. The zero-order valence-electron chi connectivity index (χ0n) is 12.2. The Morgan fingerprint density at radius 1 is 1.30 bits per heavy atom. The Hall–Kier alpha value is -1.59. The maximum Gasteiger partial charge on any atom is 0.250 e. The minimum Gasteiger partial charge on any atom is -0.378 e. The van der Waals surface area contributed by atoms with Crippen LogP contribution in [0, 0.1) is 0 Å². The van der Waals surface area contributed by atoms with Crippen molar-refractivity contribution in [2.75, 3.05) is 44.0 Å². The molecule has 2 rings (SSSR count). The number of hydrogen-bond acceptors (Lipinski definition) is 4.